The Morgan fingerprint density at radius 1 is 1.00 bits per heavy atom. The molecule has 1 aliphatic rings. The number of hydrogen-bond donors (Lipinski definition) is 3. The highest BCUT2D eigenvalue weighted by Gasteiger charge is 2.25. The van der Waals surface area contributed by atoms with Gasteiger partial charge in [-0.15, -0.1) is 10.2 Å². The molecule has 0 aliphatic carbocycles. The van der Waals surface area contributed by atoms with Gasteiger partial charge in [-0.3, -0.25) is 14.6 Å². The van der Waals surface area contributed by atoms with Crippen LogP contribution in [0.5, 0.6) is 5.75 Å². The number of rotatable bonds is 11. The van der Waals surface area contributed by atoms with Crippen LogP contribution in [0.25, 0.3) is 22.7 Å². The molecule has 6 aromatic rings. The van der Waals surface area contributed by atoms with Gasteiger partial charge in [-0.1, -0.05) is 42.1 Å². The topological polar surface area (TPSA) is 122 Å². The Bertz CT molecular complexity index is 2220. The van der Waals surface area contributed by atoms with Gasteiger partial charge in [0, 0.05) is 48.2 Å². The number of aromatic hydroxyl groups is 1. The number of benzene rings is 3. The number of phenolic OH excluding ortho intramolecular Hbond substituents is 1. The number of carbonyl (C=O) groups is 1. The van der Waals surface area contributed by atoms with E-state index in [1.807, 2.05) is 60.8 Å². The first-order chi connectivity index (χ1) is 25.2. The van der Waals surface area contributed by atoms with E-state index in [2.05, 4.69) is 58.0 Å². The molecule has 1 fully saturated rings. The van der Waals surface area contributed by atoms with E-state index in [0.717, 1.165) is 65.1 Å². The second-order valence-electron chi connectivity index (χ2n) is 12.9. The predicted molar refractivity (Wildman–Crippen MR) is 203 cm³/mol. The van der Waals surface area contributed by atoms with Crippen LogP contribution in [-0.2, 0) is 22.6 Å². The Balaban J connectivity index is 1.08. The molecule has 7 rings (SSSR count). The van der Waals surface area contributed by atoms with Gasteiger partial charge >= 0.3 is 6.03 Å². The predicted octanol–water partition coefficient (Wildman–Crippen LogP) is 7.33. The number of thioether (sulfide) groups is 1. The van der Waals surface area contributed by atoms with Crippen LogP contribution in [0.3, 0.4) is 0 Å². The van der Waals surface area contributed by atoms with Crippen molar-refractivity contribution in [3.05, 3.63) is 114 Å². The third kappa shape index (κ3) is 7.94. The van der Waals surface area contributed by atoms with E-state index >= 15 is 0 Å². The minimum Gasteiger partial charge on any atom is -0.508 e. The van der Waals surface area contributed by atoms with Crippen molar-refractivity contribution in [2.75, 3.05) is 37.9 Å². The number of aromatic nitrogens is 5. The van der Waals surface area contributed by atoms with Crippen LogP contribution in [0.15, 0.2) is 101 Å². The molecule has 268 valence electrons. The highest BCUT2D eigenvalue weighted by atomic mass is 32.2. The number of urea groups is 1. The summed E-state index contributed by atoms with van der Waals surface area (Å²) in [6.45, 7) is 8.58. The summed E-state index contributed by atoms with van der Waals surface area (Å²) in [5.41, 5.74) is 4.49. The standard InChI is InChI=1S/C38H39FN8O3S2/c1-38(2,51-3)33-21-35(47(44-33)27-9-6-7-25(19-27)23-45-15-17-50-18-16-45)41-37(49)40-22-26-8-4-5-10-32(26)52-29-12-14-34-42-43-36(46(34)24-29)30-20-28(48)11-13-31(30)39/h4-14,19-21,24,48H,15-18,22-23H2,1-3H3,(H2,40,41,49). The van der Waals surface area contributed by atoms with Gasteiger partial charge < -0.3 is 15.2 Å². The maximum atomic E-state index is 14.7. The summed E-state index contributed by atoms with van der Waals surface area (Å²) in [4.78, 5) is 17.6. The molecule has 0 atom stereocenters. The quantitative estimate of drug-likeness (QED) is 0.126. The third-order valence-corrected chi connectivity index (χ3v) is 11.3. The molecule has 1 saturated heterocycles. The molecule has 0 radical (unpaired) electrons. The van der Waals surface area contributed by atoms with Crippen LogP contribution < -0.4 is 10.6 Å². The second-order valence-corrected chi connectivity index (χ2v) is 15.4. The van der Waals surface area contributed by atoms with Crippen LogP contribution in [0.1, 0.15) is 30.7 Å². The number of fused-ring (bicyclic) bond motifs is 1. The van der Waals surface area contributed by atoms with Crippen molar-refractivity contribution in [1.82, 2.24) is 34.6 Å². The van der Waals surface area contributed by atoms with Gasteiger partial charge in [0.1, 0.15) is 17.4 Å². The first kappa shape index (κ1) is 35.5. The Labute approximate surface area is 309 Å². The van der Waals surface area contributed by atoms with Crippen molar-refractivity contribution in [2.24, 2.45) is 0 Å². The molecule has 0 bridgehead atoms. The van der Waals surface area contributed by atoms with Crippen molar-refractivity contribution < 1.29 is 19.0 Å². The number of nitrogens with one attached hydrogen (secondary N) is 2. The Morgan fingerprint density at radius 2 is 1.83 bits per heavy atom. The largest absolute Gasteiger partial charge is 0.508 e. The molecule has 3 aromatic carbocycles. The molecule has 3 aromatic heterocycles. The zero-order valence-electron chi connectivity index (χ0n) is 29.0. The number of halogens is 1. The maximum Gasteiger partial charge on any atom is 0.320 e. The Kier molecular flexibility index (Phi) is 10.5. The summed E-state index contributed by atoms with van der Waals surface area (Å²) >= 11 is 3.20. The minimum absolute atomic E-state index is 0.0634. The molecule has 2 amide bonds. The normalized spacial score (nSPS) is 13.8. The molecule has 14 heteroatoms. The molecule has 11 nitrogen and oxygen atoms in total. The molecule has 3 N–H and O–H groups in total. The smallest absolute Gasteiger partial charge is 0.320 e. The fraction of sp³-hybridized carbons (Fsp3) is 0.263. The first-order valence-electron chi connectivity index (χ1n) is 16.9. The number of pyridine rings is 1. The molecule has 0 unspecified atom stereocenters. The average Bonchev–Trinajstić information content (AvgIpc) is 3.78. The summed E-state index contributed by atoms with van der Waals surface area (Å²) in [5, 5.41) is 29.4. The summed E-state index contributed by atoms with van der Waals surface area (Å²) in [6, 6.07) is 25.2. The SMILES string of the molecule is CSC(C)(C)c1cc(NC(=O)NCc2ccccc2Sc2ccc3nnc(-c4cc(O)ccc4F)n3c2)n(-c2cccc(CN3CCOCC3)c2)n1. The van der Waals surface area contributed by atoms with Crippen molar-refractivity contribution in [1.29, 1.82) is 0 Å². The van der Waals surface area contributed by atoms with E-state index in [1.165, 1.54) is 30.0 Å². The molecule has 52 heavy (non-hydrogen) atoms. The monoisotopic (exact) mass is 738 g/mol. The van der Waals surface area contributed by atoms with Gasteiger partial charge in [-0.25, -0.2) is 13.9 Å². The van der Waals surface area contributed by atoms with Gasteiger partial charge in [0.2, 0.25) is 0 Å². The summed E-state index contributed by atoms with van der Waals surface area (Å²) in [5.74, 6) is 0.280. The number of phenols is 1. The van der Waals surface area contributed by atoms with Crippen LogP contribution in [0.4, 0.5) is 15.0 Å². The van der Waals surface area contributed by atoms with E-state index in [-0.39, 0.29) is 34.5 Å². The van der Waals surface area contributed by atoms with Gasteiger partial charge in [0.05, 0.1) is 34.9 Å². The van der Waals surface area contributed by atoms with Gasteiger partial charge in [0.25, 0.3) is 0 Å². The van der Waals surface area contributed by atoms with E-state index in [9.17, 15) is 14.3 Å². The summed E-state index contributed by atoms with van der Waals surface area (Å²) < 4.78 is 23.4. The van der Waals surface area contributed by atoms with Gasteiger partial charge in [-0.2, -0.15) is 16.9 Å². The molecule has 0 spiro atoms. The molecular weight excluding hydrogens is 700 g/mol. The molecule has 1 aliphatic heterocycles. The number of amides is 2. The average molecular weight is 739 g/mol. The van der Waals surface area contributed by atoms with Crippen LogP contribution in [-0.4, -0.2) is 73.0 Å². The number of nitrogens with zero attached hydrogens (tertiary/aromatic N) is 6. The molecular formula is C38H39FN8O3S2. The third-order valence-electron chi connectivity index (χ3n) is 8.95. The summed E-state index contributed by atoms with van der Waals surface area (Å²) in [7, 11) is 0. The van der Waals surface area contributed by atoms with E-state index in [4.69, 9.17) is 9.84 Å². The van der Waals surface area contributed by atoms with E-state index < -0.39 is 5.82 Å². The van der Waals surface area contributed by atoms with Crippen molar-refractivity contribution in [3.8, 4) is 22.8 Å². The lowest BCUT2D eigenvalue weighted by Crippen LogP contribution is -2.35. The fourth-order valence-electron chi connectivity index (χ4n) is 5.88. The number of morpholine rings is 1. The van der Waals surface area contributed by atoms with Crippen molar-refractivity contribution >= 4 is 41.0 Å². The Hall–Kier alpha value is -4.89. The highest BCUT2D eigenvalue weighted by Crippen LogP contribution is 2.35. The lowest BCUT2D eigenvalue weighted by atomic mass is 10.1. The van der Waals surface area contributed by atoms with Crippen LogP contribution in [0.2, 0.25) is 0 Å². The number of carbonyl (C=O) groups excluding carboxylic acids is 1. The molecule has 0 saturated carbocycles. The second kappa shape index (κ2) is 15.4. The van der Waals surface area contributed by atoms with Crippen molar-refractivity contribution in [2.45, 2.75) is 41.5 Å². The maximum absolute atomic E-state index is 14.7. The summed E-state index contributed by atoms with van der Waals surface area (Å²) in [6.07, 6.45) is 3.88. The fourth-order valence-corrected chi connectivity index (χ4v) is 7.16. The van der Waals surface area contributed by atoms with Gasteiger partial charge in [0.15, 0.2) is 11.5 Å². The lowest BCUT2D eigenvalue weighted by Gasteiger charge is -2.26. The van der Waals surface area contributed by atoms with Crippen molar-refractivity contribution in [3.63, 3.8) is 0 Å². The zero-order valence-corrected chi connectivity index (χ0v) is 30.7. The van der Waals surface area contributed by atoms with E-state index in [1.54, 1.807) is 20.8 Å². The number of ether oxygens (including phenoxy) is 1. The Morgan fingerprint density at radius 3 is 2.65 bits per heavy atom. The lowest BCUT2D eigenvalue weighted by molar-refractivity contribution is 0.0342. The van der Waals surface area contributed by atoms with E-state index in [0.29, 0.717) is 11.5 Å². The van der Waals surface area contributed by atoms with Crippen LogP contribution in [0, 0.1) is 5.82 Å². The van der Waals surface area contributed by atoms with Gasteiger partial charge in [-0.05, 0) is 79.8 Å². The highest BCUT2D eigenvalue weighted by molar-refractivity contribution is 7.99. The molecule has 4 heterocycles. The number of anilines is 1. The van der Waals surface area contributed by atoms with Crippen LogP contribution >= 0.6 is 23.5 Å². The zero-order chi connectivity index (χ0) is 36.2. The first-order valence-corrected chi connectivity index (χ1v) is 18.9. The minimum atomic E-state index is -0.510. The number of hydrogen-bond acceptors (Lipinski definition) is 9.